The number of rotatable bonds is 6. The van der Waals surface area contributed by atoms with Gasteiger partial charge in [-0.05, 0) is 80.9 Å². The van der Waals surface area contributed by atoms with Crippen LogP contribution < -0.4 is 9.47 Å². The molecular weight excluding hydrogens is 535 g/mol. The number of nitrogens with zero attached hydrogens (tertiary/aromatic N) is 2. The molecular formula is C31H36Cl2N2O4. The summed E-state index contributed by atoms with van der Waals surface area (Å²) in [6.45, 7) is 7.41. The van der Waals surface area contributed by atoms with Crippen molar-refractivity contribution >= 4 is 35.1 Å². The molecule has 2 aromatic carbocycles. The number of piperidine rings is 1. The summed E-state index contributed by atoms with van der Waals surface area (Å²) < 4.78 is 12.6. The number of esters is 1. The molecule has 8 heteroatoms. The second kappa shape index (κ2) is 9.97. The molecule has 1 amide bonds. The topological polar surface area (TPSA) is 59.1 Å². The second-order valence-electron chi connectivity index (χ2n) is 12.2. The van der Waals surface area contributed by atoms with E-state index in [9.17, 15) is 9.59 Å². The smallest absolute Gasteiger partial charge is 0.308 e. The van der Waals surface area contributed by atoms with E-state index in [0.717, 1.165) is 49.1 Å². The van der Waals surface area contributed by atoms with Crippen molar-refractivity contribution in [2.75, 3.05) is 20.1 Å². The summed E-state index contributed by atoms with van der Waals surface area (Å²) in [5.74, 6) is 2.07. The molecule has 2 aromatic rings. The normalized spacial score (nSPS) is 28.6. The minimum Gasteiger partial charge on any atom is -0.487 e. The van der Waals surface area contributed by atoms with E-state index in [1.807, 2.05) is 18.2 Å². The van der Waals surface area contributed by atoms with Crippen molar-refractivity contribution in [3.63, 3.8) is 0 Å². The Labute approximate surface area is 240 Å². The van der Waals surface area contributed by atoms with E-state index in [1.165, 1.54) is 12.5 Å². The van der Waals surface area contributed by atoms with E-state index >= 15 is 0 Å². The SMILES string of the molecule is CC(=O)Oc1ccc2c3c1C[C@@H]1[C@@H]4CC[C@@H](N(CC(C)C)C(=O)Cc5ccc(Cl)c(Cl)c5)[C@H](O2)[C@]34CCN1C. The van der Waals surface area contributed by atoms with Crippen molar-refractivity contribution < 1.29 is 19.1 Å². The third kappa shape index (κ3) is 4.34. The number of carbonyl (C=O) groups is 2. The number of ether oxygens (including phenoxy) is 2. The number of hydrogen-bond donors (Lipinski definition) is 0. The predicted molar refractivity (Wildman–Crippen MR) is 152 cm³/mol. The molecule has 208 valence electrons. The fourth-order valence-electron chi connectivity index (χ4n) is 8.02. The van der Waals surface area contributed by atoms with Crippen molar-refractivity contribution in [3.8, 4) is 11.5 Å². The zero-order chi connectivity index (χ0) is 27.6. The van der Waals surface area contributed by atoms with Crippen LogP contribution in [-0.4, -0.2) is 60.0 Å². The average molecular weight is 572 g/mol. The van der Waals surface area contributed by atoms with Crippen LogP contribution in [0.15, 0.2) is 30.3 Å². The molecule has 6 rings (SSSR count). The number of likely N-dealkylation sites (tertiary alicyclic amines) is 1. The van der Waals surface area contributed by atoms with Crippen LogP contribution in [0.25, 0.3) is 0 Å². The predicted octanol–water partition coefficient (Wildman–Crippen LogP) is 5.68. The lowest BCUT2D eigenvalue weighted by molar-refractivity contribution is -0.142. The molecule has 6 nitrogen and oxygen atoms in total. The van der Waals surface area contributed by atoms with Crippen molar-refractivity contribution in [2.45, 2.75) is 76.5 Å². The molecule has 1 saturated carbocycles. The van der Waals surface area contributed by atoms with Crippen molar-refractivity contribution in [2.24, 2.45) is 11.8 Å². The summed E-state index contributed by atoms with van der Waals surface area (Å²) in [6.07, 6.45) is 3.88. The van der Waals surface area contributed by atoms with E-state index in [2.05, 4.69) is 30.7 Å². The second-order valence-corrected chi connectivity index (χ2v) is 13.0. The van der Waals surface area contributed by atoms with Gasteiger partial charge in [-0.2, -0.15) is 0 Å². The molecule has 0 radical (unpaired) electrons. The van der Waals surface area contributed by atoms with Gasteiger partial charge in [-0.1, -0.05) is 43.1 Å². The lowest BCUT2D eigenvalue weighted by atomic mass is 9.51. The van der Waals surface area contributed by atoms with Crippen LogP contribution in [0.2, 0.25) is 10.0 Å². The molecule has 2 heterocycles. The Bertz CT molecular complexity index is 1330. The van der Waals surface area contributed by atoms with Gasteiger partial charge in [0.15, 0.2) is 0 Å². The summed E-state index contributed by atoms with van der Waals surface area (Å²) in [5.41, 5.74) is 3.00. The number of carbonyl (C=O) groups excluding carboxylic acids is 2. The molecule has 39 heavy (non-hydrogen) atoms. The summed E-state index contributed by atoms with van der Waals surface area (Å²) in [6, 6.07) is 9.59. The fourth-order valence-corrected chi connectivity index (χ4v) is 8.34. The summed E-state index contributed by atoms with van der Waals surface area (Å²) in [5, 5.41) is 0.946. The van der Waals surface area contributed by atoms with E-state index < -0.39 is 0 Å². The highest BCUT2D eigenvalue weighted by Crippen LogP contribution is 2.63. The lowest BCUT2D eigenvalue weighted by Crippen LogP contribution is -2.69. The Morgan fingerprint density at radius 3 is 2.69 bits per heavy atom. The van der Waals surface area contributed by atoms with Crippen molar-refractivity contribution in [1.82, 2.24) is 9.80 Å². The highest BCUT2D eigenvalue weighted by atomic mass is 35.5. The van der Waals surface area contributed by atoms with Crippen molar-refractivity contribution in [3.05, 3.63) is 57.1 Å². The quantitative estimate of drug-likeness (QED) is 0.330. The molecule has 0 aromatic heterocycles. The Kier molecular flexibility index (Phi) is 6.88. The Morgan fingerprint density at radius 2 is 1.97 bits per heavy atom. The molecule has 5 atom stereocenters. The largest absolute Gasteiger partial charge is 0.487 e. The number of benzene rings is 2. The number of likely N-dealkylation sites (N-methyl/N-ethyl adjacent to an activating group) is 1. The zero-order valence-corrected chi connectivity index (χ0v) is 24.5. The third-order valence-electron chi connectivity index (χ3n) is 9.44. The first kappa shape index (κ1) is 26.9. The number of amides is 1. The van der Waals surface area contributed by atoms with Gasteiger partial charge in [0.05, 0.1) is 22.5 Å². The van der Waals surface area contributed by atoms with E-state index in [0.29, 0.717) is 40.2 Å². The minimum atomic E-state index is -0.308. The standard InChI is InChI=1S/C31H36Cl2N2O4/c1-17(2)16-35(28(37)14-19-5-7-22(32)23(33)13-19)24-8-6-21-25-15-20-26(38-18(3)36)9-10-27-29(20)31(21,30(24)39-27)11-12-34(25)4/h5,7,9-10,13,17,21,24-25,30H,6,8,11-12,14-16H2,1-4H3/t21-,24+,25+,30-,31-/m0/s1. The molecule has 2 bridgehead atoms. The molecule has 0 N–H and O–H groups in total. The molecule has 2 fully saturated rings. The first-order chi connectivity index (χ1) is 18.6. The van der Waals surface area contributed by atoms with Crippen molar-refractivity contribution in [1.29, 1.82) is 0 Å². The zero-order valence-electron chi connectivity index (χ0n) is 23.0. The van der Waals surface area contributed by atoms with Gasteiger partial charge in [-0.25, -0.2) is 0 Å². The van der Waals surface area contributed by atoms with E-state index in [-0.39, 0.29) is 35.9 Å². The maximum Gasteiger partial charge on any atom is 0.308 e. The van der Waals surface area contributed by atoms with Gasteiger partial charge < -0.3 is 19.3 Å². The first-order valence-corrected chi connectivity index (χ1v) is 14.8. The number of halogens is 2. The van der Waals surface area contributed by atoms with Gasteiger partial charge in [0, 0.05) is 36.1 Å². The molecule has 0 unspecified atom stereocenters. The minimum absolute atomic E-state index is 0.0431. The molecule has 4 aliphatic rings. The van der Waals surface area contributed by atoms with Gasteiger partial charge in [0.1, 0.15) is 17.6 Å². The van der Waals surface area contributed by atoms with Gasteiger partial charge in [0.25, 0.3) is 0 Å². The Morgan fingerprint density at radius 1 is 1.18 bits per heavy atom. The fraction of sp³-hybridized carbons (Fsp3) is 0.548. The molecule has 2 aliphatic carbocycles. The lowest BCUT2D eigenvalue weighted by Gasteiger charge is -2.60. The molecule has 1 spiro atoms. The van der Waals surface area contributed by atoms with Crippen LogP contribution in [0.1, 0.15) is 56.7 Å². The van der Waals surface area contributed by atoms with Gasteiger partial charge >= 0.3 is 5.97 Å². The summed E-state index contributed by atoms with van der Waals surface area (Å²) >= 11 is 12.4. The van der Waals surface area contributed by atoms with Gasteiger partial charge in [-0.15, -0.1) is 0 Å². The molecule has 2 aliphatic heterocycles. The van der Waals surface area contributed by atoms with Crippen LogP contribution in [0.5, 0.6) is 11.5 Å². The highest BCUT2D eigenvalue weighted by molar-refractivity contribution is 6.42. The number of hydrogen-bond acceptors (Lipinski definition) is 5. The summed E-state index contributed by atoms with van der Waals surface area (Å²) in [4.78, 5) is 30.5. The van der Waals surface area contributed by atoms with Crippen LogP contribution in [0, 0.1) is 11.8 Å². The van der Waals surface area contributed by atoms with E-state index in [1.54, 1.807) is 12.1 Å². The highest BCUT2D eigenvalue weighted by Gasteiger charge is 2.66. The van der Waals surface area contributed by atoms with E-state index in [4.69, 9.17) is 32.7 Å². The monoisotopic (exact) mass is 570 g/mol. The van der Waals surface area contributed by atoms with Gasteiger partial charge in [0.2, 0.25) is 5.91 Å². The molecule has 1 saturated heterocycles. The Hall–Kier alpha value is -2.28. The van der Waals surface area contributed by atoms with Crippen LogP contribution >= 0.6 is 23.2 Å². The maximum atomic E-state index is 14.0. The van der Waals surface area contributed by atoms with Crippen LogP contribution in [-0.2, 0) is 27.8 Å². The third-order valence-corrected chi connectivity index (χ3v) is 10.2. The first-order valence-electron chi connectivity index (χ1n) is 14.0. The maximum absolute atomic E-state index is 14.0. The van der Waals surface area contributed by atoms with Gasteiger partial charge in [-0.3, -0.25) is 9.59 Å². The summed E-state index contributed by atoms with van der Waals surface area (Å²) in [7, 11) is 2.21. The average Bonchev–Trinajstić information content (AvgIpc) is 3.21. The van der Waals surface area contributed by atoms with Crippen LogP contribution in [0.4, 0.5) is 0 Å². The van der Waals surface area contributed by atoms with Crippen LogP contribution in [0.3, 0.4) is 0 Å². The Balaban J connectivity index is 1.40.